The van der Waals surface area contributed by atoms with Crippen molar-refractivity contribution in [1.82, 2.24) is 5.32 Å². The maximum absolute atomic E-state index is 12.2. The lowest BCUT2D eigenvalue weighted by atomic mass is 9.94. The van der Waals surface area contributed by atoms with Crippen LogP contribution >= 0.6 is 0 Å². The summed E-state index contributed by atoms with van der Waals surface area (Å²) < 4.78 is 36.7. The molecule has 2 N–H and O–H groups in total. The van der Waals surface area contributed by atoms with Crippen LogP contribution in [0.2, 0.25) is 0 Å². The average Bonchev–Trinajstić information content (AvgIpc) is 2.24. The number of hydrogen-bond acceptors (Lipinski definition) is 2. The Morgan fingerprint density at radius 1 is 1.15 bits per heavy atom. The van der Waals surface area contributed by atoms with Gasteiger partial charge >= 0.3 is 18.1 Å². The molecule has 1 unspecified atom stereocenters. The van der Waals surface area contributed by atoms with Crippen LogP contribution in [0.3, 0.4) is 0 Å². The minimum atomic E-state index is -5.12. The van der Waals surface area contributed by atoms with Gasteiger partial charge in [-0.3, -0.25) is 4.79 Å². The Bertz CT molecular complexity index is 529. The van der Waals surface area contributed by atoms with E-state index in [0.29, 0.717) is 11.1 Å². The number of hydrogen-bond donors (Lipinski definition) is 2. The molecule has 1 aromatic rings. The predicted molar refractivity (Wildman–Crippen MR) is 65.2 cm³/mol. The Hall–Kier alpha value is -2.05. The second-order valence-corrected chi connectivity index (χ2v) is 4.55. The van der Waals surface area contributed by atoms with E-state index in [1.807, 2.05) is 0 Å². The van der Waals surface area contributed by atoms with Gasteiger partial charge in [-0.05, 0) is 37.5 Å². The highest BCUT2D eigenvalue weighted by atomic mass is 19.4. The normalized spacial score (nSPS) is 12.9. The fourth-order valence-corrected chi connectivity index (χ4v) is 2.12. The molecule has 0 bridgehead atoms. The molecule has 0 aliphatic carbocycles. The van der Waals surface area contributed by atoms with Gasteiger partial charge in [0.05, 0.1) is 0 Å². The molecule has 0 radical (unpaired) electrons. The predicted octanol–water partition coefficient (Wildman–Crippen LogP) is 2.42. The van der Waals surface area contributed by atoms with Crippen molar-refractivity contribution in [2.75, 3.05) is 0 Å². The molecule has 1 amide bonds. The third-order valence-corrected chi connectivity index (χ3v) is 2.81. The van der Waals surface area contributed by atoms with Gasteiger partial charge in [0.15, 0.2) is 6.04 Å². The maximum Gasteiger partial charge on any atom is 0.471 e. The van der Waals surface area contributed by atoms with Gasteiger partial charge < -0.3 is 10.4 Å². The SMILES string of the molecule is Cc1cc(C)c(C(NC(=O)C(F)(F)F)C(=O)O)c(C)c1. The Labute approximate surface area is 113 Å². The van der Waals surface area contributed by atoms with E-state index in [1.165, 1.54) is 5.32 Å². The summed E-state index contributed by atoms with van der Waals surface area (Å²) in [6.07, 6.45) is -5.12. The monoisotopic (exact) mass is 289 g/mol. The van der Waals surface area contributed by atoms with Crippen molar-refractivity contribution >= 4 is 11.9 Å². The number of benzene rings is 1. The molecule has 0 spiro atoms. The summed E-state index contributed by atoms with van der Waals surface area (Å²) in [6, 6.07) is 1.57. The standard InChI is InChI=1S/C13H14F3NO3/c1-6-4-7(2)9(8(3)5-6)10(11(18)19)17-12(20)13(14,15)16/h4-5,10H,1-3H3,(H,17,20)(H,18,19). The summed E-state index contributed by atoms with van der Waals surface area (Å²) in [5.41, 5.74) is 2.05. The molecule has 1 atom stereocenters. The molecule has 0 fully saturated rings. The second-order valence-electron chi connectivity index (χ2n) is 4.55. The van der Waals surface area contributed by atoms with Crippen LogP contribution in [0.1, 0.15) is 28.3 Å². The Morgan fingerprint density at radius 2 is 1.60 bits per heavy atom. The first-order valence-electron chi connectivity index (χ1n) is 5.72. The van der Waals surface area contributed by atoms with Gasteiger partial charge in [0.25, 0.3) is 0 Å². The number of alkyl halides is 3. The van der Waals surface area contributed by atoms with Crippen LogP contribution in [-0.2, 0) is 9.59 Å². The van der Waals surface area contributed by atoms with Crippen molar-refractivity contribution in [3.63, 3.8) is 0 Å². The lowest BCUT2D eigenvalue weighted by Gasteiger charge is -2.20. The molecule has 1 rings (SSSR count). The summed E-state index contributed by atoms with van der Waals surface area (Å²) in [6.45, 7) is 4.96. The van der Waals surface area contributed by atoms with Crippen molar-refractivity contribution in [3.8, 4) is 0 Å². The maximum atomic E-state index is 12.2. The van der Waals surface area contributed by atoms with Crippen molar-refractivity contribution in [1.29, 1.82) is 0 Å². The first-order chi connectivity index (χ1) is 9.04. The third kappa shape index (κ3) is 3.49. The molecule has 0 aromatic heterocycles. The number of carboxylic acids is 1. The summed E-state index contributed by atoms with van der Waals surface area (Å²) in [7, 11) is 0. The largest absolute Gasteiger partial charge is 0.479 e. The van der Waals surface area contributed by atoms with Gasteiger partial charge in [-0.2, -0.15) is 13.2 Å². The fourth-order valence-electron chi connectivity index (χ4n) is 2.12. The zero-order valence-electron chi connectivity index (χ0n) is 11.1. The minimum absolute atomic E-state index is 0.167. The first-order valence-corrected chi connectivity index (χ1v) is 5.72. The van der Waals surface area contributed by atoms with E-state index in [1.54, 1.807) is 32.9 Å². The van der Waals surface area contributed by atoms with Crippen LogP contribution in [-0.4, -0.2) is 23.2 Å². The van der Waals surface area contributed by atoms with E-state index in [0.717, 1.165) is 5.56 Å². The molecular formula is C13H14F3NO3. The quantitative estimate of drug-likeness (QED) is 0.898. The van der Waals surface area contributed by atoms with Gasteiger partial charge in [-0.1, -0.05) is 17.7 Å². The van der Waals surface area contributed by atoms with Crippen LogP contribution in [0.4, 0.5) is 13.2 Å². The van der Waals surface area contributed by atoms with Gasteiger partial charge in [0.1, 0.15) is 0 Å². The fraction of sp³-hybridized carbons (Fsp3) is 0.385. The molecule has 110 valence electrons. The van der Waals surface area contributed by atoms with Crippen molar-refractivity contribution in [2.45, 2.75) is 33.0 Å². The number of aliphatic carboxylic acids is 1. The zero-order valence-corrected chi connectivity index (χ0v) is 11.1. The molecule has 4 nitrogen and oxygen atoms in total. The first kappa shape index (κ1) is 16.0. The van der Waals surface area contributed by atoms with Crippen LogP contribution in [0, 0.1) is 20.8 Å². The van der Waals surface area contributed by atoms with E-state index in [-0.39, 0.29) is 5.56 Å². The number of carbonyl (C=O) groups is 2. The summed E-state index contributed by atoms with van der Waals surface area (Å²) in [5, 5.41) is 10.6. The Kier molecular flexibility index (Phi) is 4.42. The molecule has 0 heterocycles. The molecule has 20 heavy (non-hydrogen) atoms. The van der Waals surface area contributed by atoms with E-state index in [9.17, 15) is 22.8 Å². The van der Waals surface area contributed by atoms with Crippen LogP contribution < -0.4 is 5.32 Å². The lowest BCUT2D eigenvalue weighted by molar-refractivity contribution is -0.175. The molecule has 7 heteroatoms. The number of rotatable bonds is 3. The zero-order chi connectivity index (χ0) is 15.7. The van der Waals surface area contributed by atoms with E-state index in [4.69, 9.17) is 5.11 Å². The van der Waals surface area contributed by atoms with Crippen molar-refractivity contribution < 1.29 is 27.9 Å². The van der Waals surface area contributed by atoms with Gasteiger partial charge in [0, 0.05) is 0 Å². The second kappa shape index (κ2) is 5.52. The van der Waals surface area contributed by atoms with E-state index < -0.39 is 24.1 Å². The van der Waals surface area contributed by atoms with Gasteiger partial charge in [0.2, 0.25) is 0 Å². The topological polar surface area (TPSA) is 66.4 Å². The highest BCUT2D eigenvalue weighted by Crippen LogP contribution is 2.25. The van der Waals surface area contributed by atoms with Crippen LogP contribution in [0.15, 0.2) is 12.1 Å². The molecule has 0 saturated carbocycles. The highest BCUT2D eigenvalue weighted by molar-refractivity contribution is 5.88. The minimum Gasteiger partial charge on any atom is -0.479 e. The third-order valence-electron chi connectivity index (χ3n) is 2.81. The van der Waals surface area contributed by atoms with Crippen molar-refractivity contribution in [2.24, 2.45) is 0 Å². The Morgan fingerprint density at radius 3 is 1.95 bits per heavy atom. The summed E-state index contributed by atoms with van der Waals surface area (Å²) >= 11 is 0. The molecule has 1 aromatic carbocycles. The number of aryl methyl sites for hydroxylation is 3. The van der Waals surface area contributed by atoms with Crippen LogP contribution in [0.25, 0.3) is 0 Å². The smallest absolute Gasteiger partial charge is 0.471 e. The summed E-state index contributed by atoms with van der Waals surface area (Å²) in [4.78, 5) is 22.1. The number of nitrogens with one attached hydrogen (secondary N) is 1. The van der Waals surface area contributed by atoms with Gasteiger partial charge in [-0.15, -0.1) is 0 Å². The number of halogens is 3. The van der Waals surface area contributed by atoms with E-state index >= 15 is 0 Å². The van der Waals surface area contributed by atoms with Crippen LogP contribution in [0.5, 0.6) is 0 Å². The number of carbonyl (C=O) groups excluding carboxylic acids is 1. The molecule has 0 aliphatic heterocycles. The lowest BCUT2D eigenvalue weighted by Crippen LogP contribution is -2.42. The summed E-state index contributed by atoms with van der Waals surface area (Å²) in [5.74, 6) is -3.82. The highest BCUT2D eigenvalue weighted by Gasteiger charge is 2.41. The molecule has 0 aliphatic rings. The van der Waals surface area contributed by atoms with Gasteiger partial charge in [-0.25, -0.2) is 4.79 Å². The number of amides is 1. The Balaban J connectivity index is 3.23. The van der Waals surface area contributed by atoms with E-state index in [2.05, 4.69) is 0 Å². The molecule has 0 saturated heterocycles. The number of carboxylic acid groups (broad SMARTS) is 1. The molecular weight excluding hydrogens is 275 g/mol. The van der Waals surface area contributed by atoms with Crippen molar-refractivity contribution in [3.05, 3.63) is 34.4 Å². The average molecular weight is 289 g/mol.